The highest BCUT2D eigenvalue weighted by Crippen LogP contribution is 2.17. The maximum Gasteiger partial charge on any atom is 0.274 e. The summed E-state index contributed by atoms with van der Waals surface area (Å²) in [5, 5.41) is 4.19. The highest BCUT2D eigenvalue weighted by atomic mass is 35.5. The first-order chi connectivity index (χ1) is 14.1. The van der Waals surface area contributed by atoms with E-state index in [9.17, 15) is 4.79 Å². The second-order valence-electron chi connectivity index (χ2n) is 5.60. The number of pyridine rings is 1. The lowest BCUT2D eigenvalue weighted by Crippen LogP contribution is -2.16. The van der Waals surface area contributed by atoms with E-state index < -0.39 is 0 Å². The highest BCUT2D eigenvalue weighted by Gasteiger charge is 2.13. The van der Waals surface area contributed by atoms with Crippen LogP contribution in [-0.4, -0.2) is 10.9 Å². The summed E-state index contributed by atoms with van der Waals surface area (Å²) in [6.45, 7) is 8.00. The maximum atomic E-state index is 12.6. The van der Waals surface area contributed by atoms with Gasteiger partial charge in [-0.1, -0.05) is 69.1 Å². The van der Waals surface area contributed by atoms with Crippen LogP contribution in [-0.2, 0) is 12.8 Å². The molecule has 0 radical (unpaired) electrons. The van der Waals surface area contributed by atoms with Gasteiger partial charge in [-0.3, -0.25) is 9.78 Å². The summed E-state index contributed by atoms with van der Waals surface area (Å²) in [6, 6.07) is 18.5. The molecule has 0 spiro atoms. The summed E-state index contributed by atoms with van der Waals surface area (Å²) < 4.78 is 0. The Balaban J connectivity index is 0.000000989. The minimum absolute atomic E-state index is 0.232. The number of aromatic nitrogens is 1. The molecule has 0 aliphatic rings. The monoisotopic (exact) mass is 430 g/mol. The molecule has 2 aromatic carbocycles. The first kappa shape index (κ1) is 24.7. The van der Waals surface area contributed by atoms with Gasteiger partial charge in [0.1, 0.15) is 5.69 Å². The SMILES string of the molecule is CC.CC.O=C(Nc1ccc(Cl)cc1)c1ncccc1CCc1cccc(Cl)c1. The minimum Gasteiger partial charge on any atom is -0.321 e. The van der Waals surface area contributed by atoms with Crippen molar-refractivity contribution in [2.75, 3.05) is 5.32 Å². The molecule has 0 aliphatic heterocycles. The van der Waals surface area contributed by atoms with E-state index in [1.54, 1.807) is 30.5 Å². The predicted molar refractivity (Wildman–Crippen MR) is 125 cm³/mol. The smallest absolute Gasteiger partial charge is 0.274 e. The van der Waals surface area contributed by atoms with Crippen LogP contribution in [0.1, 0.15) is 49.3 Å². The van der Waals surface area contributed by atoms with Crippen LogP contribution < -0.4 is 5.32 Å². The Morgan fingerprint density at radius 2 is 1.55 bits per heavy atom. The predicted octanol–water partition coefficient (Wildman–Crippen LogP) is 7.48. The topological polar surface area (TPSA) is 42.0 Å². The lowest BCUT2D eigenvalue weighted by molar-refractivity contribution is 0.102. The first-order valence-electron chi connectivity index (χ1n) is 9.87. The Bertz CT molecular complexity index is 880. The number of benzene rings is 2. The maximum absolute atomic E-state index is 12.6. The third-order valence-electron chi connectivity index (χ3n) is 3.78. The number of nitrogens with zero attached hydrogens (tertiary/aromatic N) is 1. The summed E-state index contributed by atoms with van der Waals surface area (Å²) >= 11 is 11.9. The van der Waals surface area contributed by atoms with Gasteiger partial charge in [0.05, 0.1) is 0 Å². The van der Waals surface area contributed by atoms with Gasteiger partial charge in [0, 0.05) is 21.9 Å². The third-order valence-corrected chi connectivity index (χ3v) is 4.27. The molecule has 0 unspecified atom stereocenters. The van der Waals surface area contributed by atoms with Gasteiger partial charge in [0.2, 0.25) is 0 Å². The average Bonchev–Trinajstić information content (AvgIpc) is 2.77. The fourth-order valence-electron chi connectivity index (χ4n) is 2.54. The molecular weight excluding hydrogens is 403 g/mol. The van der Waals surface area contributed by atoms with Crippen molar-refractivity contribution >= 4 is 34.8 Å². The number of amides is 1. The van der Waals surface area contributed by atoms with Crippen molar-refractivity contribution < 1.29 is 4.79 Å². The standard InChI is InChI=1S/C20H16Cl2N2O.2C2H6/c21-16-8-10-18(11-9-16)24-20(25)19-15(4-2-12-23-19)7-6-14-3-1-5-17(22)13-14;2*1-2/h1-5,8-13H,6-7H2,(H,24,25);2*1-2H3. The van der Waals surface area contributed by atoms with Crippen LogP contribution in [0.5, 0.6) is 0 Å². The Kier molecular flexibility index (Phi) is 11.7. The third kappa shape index (κ3) is 8.26. The average molecular weight is 431 g/mol. The van der Waals surface area contributed by atoms with E-state index in [2.05, 4.69) is 10.3 Å². The van der Waals surface area contributed by atoms with Gasteiger partial charge in [0.25, 0.3) is 5.91 Å². The van der Waals surface area contributed by atoms with Gasteiger partial charge in [-0.05, 0) is 66.4 Å². The van der Waals surface area contributed by atoms with Crippen molar-refractivity contribution in [1.82, 2.24) is 4.98 Å². The molecule has 154 valence electrons. The van der Waals surface area contributed by atoms with Gasteiger partial charge in [-0.25, -0.2) is 0 Å². The summed E-state index contributed by atoms with van der Waals surface area (Å²) in [5.74, 6) is -0.232. The normalized spacial score (nSPS) is 9.45. The Morgan fingerprint density at radius 3 is 2.21 bits per heavy atom. The number of hydrogen-bond donors (Lipinski definition) is 1. The number of carbonyl (C=O) groups excluding carboxylic acids is 1. The summed E-state index contributed by atoms with van der Waals surface area (Å²) in [7, 11) is 0. The van der Waals surface area contributed by atoms with Gasteiger partial charge in [0.15, 0.2) is 0 Å². The molecule has 0 bridgehead atoms. The highest BCUT2D eigenvalue weighted by molar-refractivity contribution is 6.30. The molecule has 0 saturated carbocycles. The van der Waals surface area contributed by atoms with Crippen LogP contribution in [0.15, 0.2) is 66.9 Å². The number of rotatable bonds is 5. The minimum atomic E-state index is -0.232. The summed E-state index contributed by atoms with van der Waals surface area (Å²) in [6.07, 6.45) is 3.12. The lowest BCUT2D eigenvalue weighted by atomic mass is 10.0. The fourth-order valence-corrected chi connectivity index (χ4v) is 2.88. The number of halogens is 2. The van der Waals surface area contributed by atoms with E-state index in [1.165, 1.54) is 0 Å². The van der Waals surface area contributed by atoms with Crippen LogP contribution in [0.25, 0.3) is 0 Å². The van der Waals surface area contributed by atoms with E-state index in [0.29, 0.717) is 27.8 Å². The number of aryl methyl sites for hydroxylation is 2. The van der Waals surface area contributed by atoms with E-state index in [4.69, 9.17) is 23.2 Å². The van der Waals surface area contributed by atoms with Gasteiger partial charge < -0.3 is 5.32 Å². The molecule has 1 heterocycles. The van der Waals surface area contributed by atoms with Crippen molar-refractivity contribution in [2.24, 2.45) is 0 Å². The van der Waals surface area contributed by atoms with E-state index in [1.807, 2.05) is 64.1 Å². The van der Waals surface area contributed by atoms with Gasteiger partial charge in [-0.2, -0.15) is 0 Å². The van der Waals surface area contributed by atoms with Crippen LogP contribution in [0.2, 0.25) is 10.0 Å². The molecule has 0 aliphatic carbocycles. The van der Waals surface area contributed by atoms with E-state index >= 15 is 0 Å². The lowest BCUT2D eigenvalue weighted by Gasteiger charge is -2.10. The molecule has 5 heteroatoms. The second-order valence-corrected chi connectivity index (χ2v) is 6.47. The molecule has 3 nitrogen and oxygen atoms in total. The van der Waals surface area contributed by atoms with Gasteiger partial charge in [-0.15, -0.1) is 0 Å². The molecule has 0 saturated heterocycles. The zero-order chi connectivity index (χ0) is 21.6. The summed E-state index contributed by atoms with van der Waals surface area (Å²) in [5.41, 5.74) is 3.13. The van der Waals surface area contributed by atoms with Gasteiger partial charge >= 0.3 is 0 Å². The van der Waals surface area contributed by atoms with Crippen molar-refractivity contribution in [3.63, 3.8) is 0 Å². The molecule has 29 heavy (non-hydrogen) atoms. The number of hydrogen-bond acceptors (Lipinski definition) is 2. The number of carbonyl (C=O) groups is 1. The van der Waals surface area contributed by atoms with Crippen molar-refractivity contribution in [1.29, 1.82) is 0 Å². The zero-order valence-electron chi connectivity index (χ0n) is 17.4. The first-order valence-corrected chi connectivity index (χ1v) is 10.6. The molecular formula is C24H28Cl2N2O. The number of anilines is 1. The Morgan fingerprint density at radius 1 is 0.862 bits per heavy atom. The van der Waals surface area contributed by atoms with Crippen molar-refractivity contribution in [2.45, 2.75) is 40.5 Å². The van der Waals surface area contributed by atoms with Crippen LogP contribution in [0.3, 0.4) is 0 Å². The van der Waals surface area contributed by atoms with E-state index in [0.717, 1.165) is 17.5 Å². The Labute approximate surface area is 184 Å². The molecule has 0 fully saturated rings. The van der Waals surface area contributed by atoms with Crippen molar-refractivity contribution in [3.05, 3.63) is 93.7 Å². The number of nitrogens with one attached hydrogen (secondary N) is 1. The van der Waals surface area contributed by atoms with Crippen LogP contribution >= 0.6 is 23.2 Å². The molecule has 3 rings (SSSR count). The molecule has 1 N–H and O–H groups in total. The second kappa shape index (κ2) is 13.8. The molecule has 1 aromatic heterocycles. The molecule has 3 aromatic rings. The molecule has 1 amide bonds. The van der Waals surface area contributed by atoms with Crippen LogP contribution in [0, 0.1) is 0 Å². The zero-order valence-corrected chi connectivity index (χ0v) is 18.9. The van der Waals surface area contributed by atoms with Crippen LogP contribution in [0.4, 0.5) is 5.69 Å². The van der Waals surface area contributed by atoms with Crippen molar-refractivity contribution in [3.8, 4) is 0 Å². The Hall–Kier alpha value is -2.36. The quantitative estimate of drug-likeness (QED) is 0.455. The molecule has 0 atom stereocenters. The summed E-state index contributed by atoms with van der Waals surface area (Å²) in [4.78, 5) is 16.8. The fraction of sp³-hybridized carbons (Fsp3) is 0.250. The largest absolute Gasteiger partial charge is 0.321 e. The van der Waals surface area contributed by atoms with E-state index in [-0.39, 0.29) is 5.91 Å².